The summed E-state index contributed by atoms with van der Waals surface area (Å²) in [6.07, 6.45) is 1.40. The van der Waals surface area contributed by atoms with E-state index in [-0.39, 0.29) is 17.7 Å². The number of aromatic nitrogens is 2. The molecule has 0 spiro atoms. The molecule has 2 aromatic rings. The first-order chi connectivity index (χ1) is 8.56. The molecule has 2 rings (SSSR count). The van der Waals surface area contributed by atoms with Crippen LogP contribution < -0.4 is 5.32 Å². The van der Waals surface area contributed by atoms with Gasteiger partial charge < -0.3 is 14.8 Å². The third-order valence-electron chi connectivity index (χ3n) is 2.41. The van der Waals surface area contributed by atoms with E-state index in [9.17, 15) is 4.79 Å². The molecule has 1 unspecified atom stereocenters. The molecule has 18 heavy (non-hydrogen) atoms. The Morgan fingerprint density at radius 3 is 2.83 bits per heavy atom. The van der Waals surface area contributed by atoms with Gasteiger partial charge in [-0.25, -0.2) is 14.8 Å². The van der Waals surface area contributed by atoms with E-state index in [1.807, 2.05) is 26.0 Å². The summed E-state index contributed by atoms with van der Waals surface area (Å²) in [5.41, 5.74) is -0.0460. The molecule has 1 atom stereocenters. The van der Waals surface area contributed by atoms with E-state index in [1.165, 1.54) is 12.3 Å². The Kier molecular flexibility index (Phi) is 3.27. The molecule has 6 nitrogen and oxygen atoms in total. The van der Waals surface area contributed by atoms with Crippen LogP contribution in [0.1, 0.15) is 35.0 Å². The van der Waals surface area contributed by atoms with E-state index in [4.69, 9.17) is 9.52 Å². The van der Waals surface area contributed by atoms with Gasteiger partial charge in [-0.3, -0.25) is 0 Å². The maximum Gasteiger partial charge on any atom is 0.354 e. The number of carboxylic acids is 1. The maximum absolute atomic E-state index is 10.8. The van der Waals surface area contributed by atoms with Gasteiger partial charge in [-0.15, -0.1) is 0 Å². The van der Waals surface area contributed by atoms with Crippen molar-refractivity contribution in [2.45, 2.75) is 19.9 Å². The quantitative estimate of drug-likeness (QED) is 0.861. The number of hydrogen-bond donors (Lipinski definition) is 2. The van der Waals surface area contributed by atoms with E-state index in [1.54, 1.807) is 0 Å². The largest absolute Gasteiger partial charge is 0.477 e. The fourth-order valence-electron chi connectivity index (χ4n) is 1.50. The van der Waals surface area contributed by atoms with Crippen molar-refractivity contribution >= 4 is 11.9 Å². The SMILES string of the molecule is Cc1ccc(C(C)Nc2nccc(C(=O)O)n2)o1. The predicted octanol–water partition coefficient (Wildman–Crippen LogP) is 2.25. The van der Waals surface area contributed by atoms with Crippen LogP contribution in [-0.2, 0) is 0 Å². The van der Waals surface area contributed by atoms with Crippen LogP contribution in [0.2, 0.25) is 0 Å². The van der Waals surface area contributed by atoms with Crippen LogP contribution in [0, 0.1) is 6.92 Å². The summed E-state index contributed by atoms with van der Waals surface area (Å²) < 4.78 is 5.46. The van der Waals surface area contributed by atoms with Crippen LogP contribution in [0.3, 0.4) is 0 Å². The molecule has 0 saturated heterocycles. The molecule has 0 radical (unpaired) electrons. The first-order valence-electron chi connectivity index (χ1n) is 5.45. The Balaban J connectivity index is 2.14. The topological polar surface area (TPSA) is 88.2 Å². The number of carbonyl (C=O) groups is 1. The third kappa shape index (κ3) is 2.65. The number of furan rings is 1. The highest BCUT2D eigenvalue weighted by atomic mass is 16.4. The first kappa shape index (κ1) is 12.1. The lowest BCUT2D eigenvalue weighted by Crippen LogP contribution is -2.11. The molecule has 0 aromatic carbocycles. The summed E-state index contributed by atoms with van der Waals surface area (Å²) in [7, 11) is 0. The van der Waals surface area contributed by atoms with Crippen molar-refractivity contribution in [3.8, 4) is 0 Å². The van der Waals surface area contributed by atoms with Crippen LogP contribution in [0.15, 0.2) is 28.8 Å². The molecule has 0 fully saturated rings. The number of nitrogens with zero attached hydrogens (tertiary/aromatic N) is 2. The summed E-state index contributed by atoms with van der Waals surface area (Å²) in [6.45, 7) is 3.74. The van der Waals surface area contributed by atoms with Crippen molar-refractivity contribution < 1.29 is 14.3 Å². The van der Waals surface area contributed by atoms with Crippen molar-refractivity contribution in [3.05, 3.63) is 41.6 Å². The van der Waals surface area contributed by atoms with Crippen LogP contribution >= 0.6 is 0 Å². The minimum atomic E-state index is -1.08. The molecule has 0 aliphatic heterocycles. The molecule has 0 aliphatic rings. The fraction of sp³-hybridized carbons (Fsp3) is 0.250. The zero-order valence-electron chi connectivity index (χ0n) is 10.0. The number of aryl methyl sites for hydroxylation is 1. The van der Waals surface area contributed by atoms with Gasteiger partial charge in [0.2, 0.25) is 5.95 Å². The molecule has 2 N–H and O–H groups in total. The highest BCUT2D eigenvalue weighted by Gasteiger charge is 2.12. The third-order valence-corrected chi connectivity index (χ3v) is 2.41. The monoisotopic (exact) mass is 247 g/mol. The molecule has 0 amide bonds. The van der Waals surface area contributed by atoms with E-state index < -0.39 is 5.97 Å². The van der Waals surface area contributed by atoms with Gasteiger partial charge >= 0.3 is 5.97 Å². The van der Waals surface area contributed by atoms with Gasteiger partial charge in [-0.2, -0.15) is 0 Å². The van der Waals surface area contributed by atoms with E-state index in [2.05, 4.69) is 15.3 Å². The average molecular weight is 247 g/mol. The van der Waals surface area contributed by atoms with Crippen molar-refractivity contribution in [3.63, 3.8) is 0 Å². The second kappa shape index (κ2) is 4.87. The van der Waals surface area contributed by atoms with Gasteiger partial charge in [0.15, 0.2) is 5.69 Å². The first-order valence-corrected chi connectivity index (χ1v) is 5.45. The number of hydrogen-bond acceptors (Lipinski definition) is 5. The fourth-order valence-corrected chi connectivity index (χ4v) is 1.50. The zero-order valence-corrected chi connectivity index (χ0v) is 10.0. The summed E-state index contributed by atoms with van der Waals surface area (Å²) in [5.74, 6) is 0.745. The van der Waals surface area contributed by atoms with Gasteiger partial charge in [0.05, 0.1) is 6.04 Å². The molecule has 94 valence electrons. The van der Waals surface area contributed by atoms with Gasteiger partial charge in [-0.1, -0.05) is 0 Å². The normalized spacial score (nSPS) is 12.1. The standard InChI is InChI=1S/C12H13N3O3/c1-7-3-4-10(18-7)8(2)14-12-13-6-5-9(15-12)11(16)17/h3-6,8H,1-2H3,(H,16,17)(H,13,14,15). The van der Waals surface area contributed by atoms with Crippen molar-refractivity contribution in [1.29, 1.82) is 0 Å². The molecule has 2 heterocycles. The Morgan fingerprint density at radius 1 is 1.44 bits per heavy atom. The van der Waals surface area contributed by atoms with Crippen molar-refractivity contribution in [2.75, 3.05) is 5.32 Å². The number of anilines is 1. The number of nitrogens with one attached hydrogen (secondary N) is 1. The van der Waals surface area contributed by atoms with E-state index >= 15 is 0 Å². The van der Waals surface area contributed by atoms with Crippen LogP contribution in [0.25, 0.3) is 0 Å². The summed E-state index contributed by atoms with van der Waals surface area (Å²) in [5, 5.41) is 11.8. The molecule has 0 bridgehead atoms. The second-order valence-electron chi connectivity index (χ2n) is 3.89. The number of aromatic carboxylic acids is 1. The van der Waals surface area contributed by atoms with Gasteiger partial charge in [0, 0.05) is 6.20 Å². The zero-order chi connectivity index (χ0) is 13.1. The average Bonchev–Trinajstić information content (AvgIpc) is 2.76. The number of rotatable bonds is 4. The molecule has 2 aromatic heterocycles. The van der Waals surface area contributed by atoms with Crippen LogP contribution in [-0.4, -0.2) is 21.0 Å². The highest BCUT2D eigenvalue weighted by Crippen LogP contribution is 2.19. The predicted molar refractivity (Wildman–Crippen MR) is 64.5 cm³/mol. The van der Waals surface area contributed by atoms with Crippen molar-refractivity contribution in [2.24, 2.45) is 0 Å². The lowest BCUT2D eigenvalue weighted by atomic mass is 10.2. The molecular formula is C12H13N3O3. The Labute approximate surface area is 104 Å². The van der Waals surface area contributed by atoms with Crippen molar-refractivity contribution in [1.82, 2.24) is 9.97 Å². The van der Waals surface area contributed by atoms with Crippen LogP contribution in [0.5, 0.6) is 0 Å². The van der Waals surface area contributed by atoms with E-state index in [0.717, 1.165) is 11.5 Å². The van der Waals surface area contributed by atoms with Crippen LogP contribution in [0.4, 0.5) is 5.95 Å². The lowest BCUT2D eigenvalue weighted by Gasteiger charge is -2.11. The van der Waals surface area contributed by atoms with Gasteiger partial charge in [-0.05, 0) is 32.0 Å². The molecule has 0 aliphatic carbocycles. The minimum absolute atomic E-state index is 0.0460. The van der Waals surface area contributed by atoms with Gasteiger partial charge in [0.1, 0.15) is 11.5 Å². The minimum Gasteiger partial charge on any atom is -0.477 e. The molecular weight excluding hydrogens is 234 g/mol. The molecule has 6 heteroatoms. The second-order valence-corrected chi connectivity index (χ2v) is 3.89. The number of carboxylic acid groups (broad SMARTS) is 1. The highest BCUT2D eigenvalue weighted by molar-refractivity contribution is 5.85. The maximum atomic E-state index is 10.8. The molecule has 0 saturated carbocycles. The summed E-state index contributed by atoms with van der Waals surface area (Å²) >= 11 is 0. The summed E-state index contributed by atoms with van der Waals surface area (Å²) in [6, 6.07) is 4.92. The Bertz CT molecular complexity index is 565. The lowest BCUT2D eigenvalue weighted by molar-refractivity contribution is 0.0690. The smallest absolute Gasteiger partial charge is 0.354 e. The Hall–Kier alpha value is -2.37. The summed E-state index contributed by atoms with van der Waals surface area (Å²) in [4.78, 5) is 18.6. The van der Waals surface area contributed by atoms with Gasteiger partial charge in [0.25, 0.3) is 0 Å². The van der Waals surface area contributed by atoms with E-state index in [0.29, 0.717) is 0 Å². The Morgan fingerprint density at radius 2 is 2.22 bits per heavy atom.